The second-order valence-corrected chi connectivity index (χ2v) is 10.0. The fourth-order valence-electron chi connectivity index (χ4n) is 5.85. The van der Waals surface area contributed by atoms with Crippen molar-refractivity contribution < 1.29 is 19.0 Å². The number of benzene rings is 3. The van der Waals surface area contributed by atoms with Crippen LogP contribution < -0.4 is 15.0 Å². The van der Waals surface area contributed by atoms with Gasteiger partial charge in [-0.25, -0.2) is 4.39 Å². The Morgan fingerprint density at radius 1 is 1.05 bits per heavy atom. The van der Waals surface area contributed by atoms with Crippen molar-refractivity contribution in [3.63, 3.8) is 0 Å². The van der Waals surface area contributed by atoms with Crippen molar-refractivity contribution in [1.82, 2.24) is 15.2 Å². The second-order valence-electron chi connectivity index (χ2n) is 10.0. The number of aromatic amines is 1. The molecular formula is C30H31FN4O3. The number of para-hydroxylation sites is 2. The van der Waals surface area contributed by atoms with Crippen molar-refractivity contribution in [3.05, 3.63) is 94.9 Å². The summed E-state index contributed by atoms with van der Waals surface area (Å²) in [4.78, 5) is 20.0. The zero-order chi connectivity index (χ0) is 26.2. The lowest BCUT2D eigenvalue weighted by Crippen LogP contribution is -2.46. The van der Waals surface area contributed by atoms with E-state index in [4.69, 9.17) is 4.74 Å². The van der Waals surface area contributed by atoms with Crippen molar-refractivity contribution >= 4 is 22.6 Å². The molecule has 1 aromatic heterocycles. The molecule has 38 heavy (non-hydrogen) atoms. The molecule has 3 N–H and O–H groups in total. The van der Waals surface area contributed by atoms with E-state index >= 15 is 0 Å². The summed E-state index contributed by atoms with van der Waals surface area (Å²) in [6.45, 7) is 3.78. The number of ether oxygens (including phenoxy) is 1. The van der Waals surface area contributed by atoms with Crippen molar-refractivity contribution in [2.24, 2.45) is 0 Å². The summed E-state index contributed by atoms with van der Waals surface area (Å²) in [6.07, 6.45) is 0.431. The minimum absolute atomic E-state index is 0.189. The number of hydrogen-bond acceptors (Lipinski definition) is 5. The number of aliphatic carboxylic acids is 1. The number of rotatable bonds is 6. The molecule has 4 aromatic rings. The minimum Gasteiger partial charge on any atom is -0.496 e. The van der Waals surface area contributed by atoms with Crippen LogP contribution in [0.15, 0.2) is 66.7 Å². The van der Waals surface area contributed by atoms with E-state index in [1.807, 2.05) is 48.5 Å². The summed E-state index contributed by atoms with van der Waals surface area (Å²) in [5.41, 5.74) is 5.76. The first-order chi connectivity index (χ1) is 18.5. The van der Waals surface area contributed by atoms with E-state index in [9.17, 15) is 14.3 Å². The van der Waals surface area contributed by atoms with Gasteiger partial charge in [0.15, 0.2) is 0 Å². The van der Waals surface area contributed by atoms with Crippen LogP contribution in [0.2, 0.25) is 0 Å². The first kappa shape index (κ1) is 24.5. The third kappa shape index (κ3) is 4.50. The zero-order valence-corrected chi connectivity index (χ0v) is 21.3. The van der Waals surface area contributed by atoms with Gasteiger partial charge in [-0.1, -0.05) is 36.4 Å². The van der Waals surface area contributed by atoms with Crippen LogP contribution in [0.25, 0.3) is 10.9 Å². The normalized spacial score (nSPS) is 19.9. The highest BCUT2D eigenvalue weighted by molar-refractivity contribution is 5.87. The van der Waals surface area contributed by atoms with Gasteiger partial charge < -0.3 is 19.7 Å². The summed E-state index contributed by atoms with van der Waals surface area (Å²) in [6, 6.07) is 20.1. The predicted molar refractivity (Wildman–Crippen MR) is 145 cm³/mol. The number of H-pyrrole nitrogens is 1. The quantitative estimate of drug-likeness (QED) is 0.356. The first-order valence-electron chi connectivity index (χ1n) is 13.0. The molecule has 2 aliphatic heterocycles. The topological polar surface area (TPSA) is 80.8 Å². The molecule has 1 saturated heterocycles. The van der Waals surface area contributed by atoms with E-state index in [0.29, 0.717) is 18.7 Å². The number of hydrogen-bond donors (Lipinski definition) is 3. The number of aromatic nitrogens is 1. The SMILES string of the molecule is COc1ccc(C2N[C@@H](C(=O)O)Cc3c2[nH]c2ccccc32)cc1CN1CCN(c2ccccc2F)CC1. The van der Waals surface area contributed by atoms with E-state index in [0.717, 1.165) is 65.2 Å². The average Bonchev–Trinajstić information content (AvgIpc) is 3.32. The number of carboxylic acids is 1. The molecule has 6 rings (SSSR count). The van der Waals surface area contributed by atoms with Gasteiger partial charge in [-0.3, -0.25) is 15.0 Å². The third-order valence-corrected chi connectivity index (χ3v) is 7.81. The zero-order valence-electron chi connectivity index (χ0n) is 21.3. The number of nitrogens with zero attached hydrogens (tertiary/aromatic N) is 2. The molecule has 0 bridgehead atoms. The fraction of sp³-hybridized carbons (Fsp3) is 0.300. The fourth-order valence-corrected chi connectivity index (χ4v) is 5.85. The van der Waals surface area contributed by atoms with Crippen LogP contribution >= 0.6 is 0 Å². The monoisotopic (exact) mass is 514 g/mol. The van der Waals surface area contributed by atoms with Gasteiger partial charge in [0.1, 0.15) is 17.6 Å². The molecular weight excluding hydrogens is 483 g/mol. The van der Waals surface area contributed by atoms with E-state index in [1.165, 1.54) is 6.07 Å². The van der Waals surface area contributed by atoms with E-state index in [-0.39, 0.29) is 11.9 Å². The maximum absolute atomic E-state index is 14.3. The van der Waals surface area contributed by atoms with E-state index in [2.05, 4.69) is 26.2 Å². The Hall–Kier alpha value is -3.88. The number of carbonyl (C=O) groups is 1. The molecule has 3 aromatic carbocycles. The van der Waals surface area contributed by atoms with Gasteiger partial charge >= 0.3 is 5.97 Å². The first-order valence-corrected chi connectivity index (χ1v) is 13.0. The summed E-state index contributed by atoms with van der Waals surface area (Å²) >= 11 is 0. The standard InChI is InChI=1S/C30H31FN4O3/c1-38-27-11-10-19(16-20(27)18-34-12-14-35(15-13-34)26-9-5-3-7-23(26)31)28-29-22(17-25(33-28)30(36)37)21-6-2-4-8-24(21)32-29/h2-11,16,25,28,32-33H,12-15,17-18H2,1H3,(H,36,37)/t25-,28?/m1/s1. The van der Waals surface area contributed by atoms with Crippen LogP contribution in [0, 0.1) is 5.82 Å². The van der Waals surface area contributed by atoms with E-state index in [1.54, 1.807) is 13.2 Å². The Balaban J connectivity index is 1.27. The van der Waals surface area contributed by atoms with Crippen LogP contribution in [-0.4, -0.2) is 60.3 Å². The molecule has 2 aliphatic rings. The number of carboxylic acid groups (broad SMARTS) is 1. The lowest BCUT2D eigenvalue weighted by atomic mass is 9.89. The van der Waals surface area contributed by atoms with Crippen LogP contribution in [0.3, 0.4) is 0 Å². The molecule has 0 aliphatic carbocycles. The van der Waals surface area contributed by atoms with Crippen LogP contribution in [0.5, 0.6) is 5.75 Å². The molecule has 0 radical (unpaired) electrons. The molecule has 8 heteroatoms. The Morgan fingerprint density at radius 2 is 1.82 bits per heavy atom. The van der Waals surface area contributed by atoms with Gasteiger partial charge in [0.2, 0.25) is 0 Å². The number of halogens is 1. The van der Waals surface area contributed by atoms with Crippen molar-refractivity contribution in [3.8, 4) is 5.75 Å². The van der Waals surface area contributed by atoms with Gasteiger partial charge in [-0.05, 0) is 41.5 Å². The summed E-state index contributed by atoms with van der Waals surface area (Å²) in [5.74, 6) is -0.244. The Morgan fingerprint density at radius 3 is 2.58 bits per heavy atom. The van der Waals surface area contributed by atoms with Crippen LogP contribution in [-0.2, 0) is 17.8 Å². The Labute approximate surface area is 220 Å². The molecule has 0 saturated carbocycles. The highest BCUT2D eigenvalue weighted by Crippen LogP contribution is 2.37. The number of methoxy groups -OCH3 is 1. The summed E-state index contributed by atoms with van der Waals surface area (Å²) in [5, 5.41) is 14.3. The lowest BCUT2D eigenvalue weighted by molar-refractivity contribution is -0.139. The Bertz CT molecular complexity index is 1480. The van der Waals surface area contributed by atoms with Gasteiger partial charge in [-0.15, -0.1) is 0 Å². The van der Waals surface area contributed by atoms with Gasteiger partial charge in [0.25, 0.3) is 0 Å². The summed E-state index contributed by atoms with van der Waals surface area (Å²) in [7, 11) is 1.67. The lowest BCUT2D eigenvalue weighted by Gasteiger charge is -2.36. The predicted octanol–water partition coefficient (Wildman–Crippen LogP) is 4.33. The number of nitrogens with one attached hydrogen (secondary N) is 2. The van der Waals surface area contributed by atoms with Gasteiger partial charge in [0.05, 0.1) is 18.8 Å². The van der Waals surface area contributed by atoms with Crippen LogP contribution in [0.4, 0.5) is 10.1 Å². The number of fused-ring (bicyclic) bond motifs is 3. The molecule has 3 heterocycles. The van der Waals surface area contributed by atoms with Gasteiger partial charge in [-0.2, -0.15) is 0 Å². The van der Waals surface area contributed by atoms with E-state index < -0.39 is 12.0 Å². The molecule has 0 amide bonds. The molecule has 1 fully saturated rings. The maximum Gasteiger partial charge on any atom is 0.321 e. The minimum atomic E-state index is -0.854. The highest BCUT2D eigenvalue weighted by atomic mass is 19.1. The molecule has 7 nitrogen and oxygen atoms in total. The van der Waals surface area contributed by atoms with Gasteiger partial charge in [0, 0.05) is 61.3 Å². The van der Waals surface area contributed by atoms with Crippen molar-refractivity contribution in [1.29, 1.82) is 0 Å². The molecule has 2 atom stereocenters. The molecule has 1 unspecified atom stereocenters. The highest BCUT2D eigenvalue weighted by Gasteiger charge is 2.34. The third-order valence-electron chi connectivity index (χ3n) is 7.81. The number of anilines is 1. The second kappa shape index (κ2) is 10.1. The smallest absolute Gasteiger partial charge is 0.321 e. The average molecular weight is 515 g/mol. The molecule has 0 spiro atoms. The largest absolute Gasteiger partial charge is 0.496 e. The Kier molecular flexibility index (Phi) is 6.51. The van der Waals surface area contributed by atoms with Crippen molar-refractivity contribution in [2.45, 2.75) is 25.0 Å². The molecule has 196 valence electrons. The maximum atomic E-state index is 14.3. The van der Waals surface area contributed by atoms with Crippen LogP contribution in [0.1, 0.15) is 28.4 Å². The number of piperazine rings is 1. The summed E-state index contributed by atoms with van der Waals surface area (Å²) < 4.78 is 20.0. The van der Waals surface area contributed by atoms with Crippen molar-refractivity contribution in [2.75, 3.05) is 38.2 Å².